The predicted octanol–water partition coefficient (Wildman–Crippen LogP) is 7.76. The van der Waals surface area contributed by atoms with Gasteiger partial charge in [-0.1, -0.05) is 45.4 Å². The average molecular weight is 408 g/mol. The molecule has 1 saturated carbocycles. The Labute approximate surface area is 161 Å². The molecule has 0 unspecified atom stereocenters. The number of hydrogen-bond donors (Lipinski definition) is 0. The normalized spacial score (nSPS) is 21.2. The summed E-state index contributed by atoms with van der Waals surface area (Å²) in [5.41, 5.74) is -0.350. The molecular formula is C21H26F6O. The summed E-state index contributed by atoms with van der Waals surface area (Å²) in [6.07, 6.45) is -1.37. The molecule has 28 heavy (non-hydrogen) atoms. The first kappa shape index (κ1) is 22.6. The van der Waals surface area contributed by atoms with Crippen LogP contribution in [0.5, 0.6) is 5.75 Å². The average Bonchev–Trinajstić information content (AvgIpc) is 2.60. The van der Waals surface area contributed by atoms with Gasteiger partial charge in [-0.05, 0) is 36.5 Å². The minimum absolute atomic E-state index is 0.115. The number of hydrogen-bond acceptors (Lipinski definition) is 1. The predicted molar refractivity (Wildman–Crippen MR) is 96.7 cm³/mol. The Bertz CT molecular complexity index is 645. The second-order valence-corrected chi connectivity index (χ2v) is 7.51. The molecule has 0 heterocycles. The first-order valence-corrected chi connectivity index (χ1v) is 9.70. The highest BCUT2D eigenvalue weighted by atomic mass is 19.4. The van der Waals surface area contributed by atoms with Crippen molar-refractivity contribution in [2.45, 2.75) is 70.6 Å². The highest BCUT2D eigenvalue weighted by Crippen LogP contribution is 2.36. The van der Waals surface area contributed by atoms with E-state index in [-0.39, 0.29) is 17.6 Å². The van der Waals surface area contributed by atoms with E-state index in [1.165, 1.54) is 6.42 Å². The SMILES string of the molecule is CCCC1CCC(CCC(F)(F)Oc2ccc(C=CC(F)(F)F)c(F)c2)CC1. The molecule has 0 N–H and O–H groups in total. The number of allylic oxidation sites excluding steroid dienone is 1. The van der Waals surface area contributed by atoms with Crippen LogP contribution in [0.25, 0.3) is 6.08 Å². The lowest BCUT2D eigenvalue weighted by Gasteiger charge is -2.29. The molecule has 1 aliphatic rings. The molecule has 1 nitrogen and oxygen atoms in total. The maximum atomic E-state index is 14.1. The Balaban J connectivity index is 1.86. The largest absolute Gasteiger partial charge is 0.432 e. The molecule has 0 spiro atoms. The monoisotopic (exact) mass is 408 g/mol. The van der Waals surface area contributed by atoms with E-state index in [9.17, 15) is 26.3 Å². The smallest absolute Gasteiger partial charge is 0.409 e. The van der Waals surface area contributed by atoms with Crippen LogP contribution in [-0.2, 0) is 0 Å². The van der Waals surface area contributed by atoms with Crippen LogP contribution in [0.1, 0.15) is 63.9 Å². The van der Waals surface area contributed by atoms with Crippen LogP contribution in [0, 0.1) is 17.7 Å². The maximum Gasteiger partial charge on any atom is 0.409 e. The van der Waals surface area contributed by atoms with Crippen LogP contribution in [0.4, 0.5) is 26.3 Å². The Kier molecular flexibility index (Phi) is 7.84. The summed E-state index contributed by atoms with van der Waals surface area (Å²) < 4.78 is 83.0. The molecule has 1 fully saturated rings. The highest BCUT2D eigenvalue weighted by Gasteiger charge is 2.33. The van der Waals surface area contributed by atoms with Gasteiger partial charge in [0.1, 0.15) is 11.6 Å². The lowest BCUT2D eigenvalue weighted by atomic mass is 9.78. The van der Waals surface area contributed by atoms with Gasteiger partial charge in [-0.3, -0.25) is 0 Å². The van der Waals surface area contributed by atoms with E-state index in [4.69, 9.17) is 0 Å². The topological polar surface area (TPSA) is 9.23 Å². The van der Waals surface area contributed by atoms with Crippen LogP contribution in [0.15, 0.2) is 24.3 Å². The lowest BCUT2D eigenvalue weighted by Crippen LogP contribution is -2.26. The Morgan fingerprint density at radius 3 is 2.14 bits per heavy atom. The van der Waals surface area contributed by atoms with Crippen LogP contribution in [0.3, 0.4) is 0 Å². The molecule has 1 aromatic carbocycles. The minimum atomic E-state index is -4.58. The molecule has 2 rings (SSSR count). The second kappa shape index (κ2) is 9.70. The Morgan fingerprint density at radius 1 is 1.00 bits per heavy atom. The van der Waals surface area contributed by atoms with Crippen molar-refractivity contribution in [1.82, 2.24) is 0 Å². The lowest BCUT2D eigenvalue weighted by molar-refractivity contribution is -0.183. The first-order valence-electron chi connectivity index (χ1n) is 9.70. The molecule has 0 aromatic heterocycles. The number of benzene rings is 1. The molecule has 1 aliphatic carbocycles. The van der Waals surface area contributed by atoms with Gasteiger partial charge >= 0.3 is 12.3 Å². The van der Waals surface area contributed by atoms with Crippen molar-refractivity contribution in [3.63, 3.8) is 0 Å². The molecule has 0 atom stereocenters. The van der Waals surface area contributed by atoms with Gasteiger partial charge in [-0.25, -0.2) is 4.39 Å². The van der Waals surface area contributed by atoms with Crippen molar-refractivity contribution in [3.8, 4) is 5.75 Å². The summed E-state index contributed by atoms with van der Waals surface area (Å²) in [6, 6.07) is 2.71. The summed E-state index contributed by atoms with van der Waals surface area (Å²) in [5, 5.41) is 0. The molecule has 7 heteroatoms. The summed E-state index contributed by atoms with van der Waals surface area (Å²) in [6.45, 7) is 2.14. The van der Waals surface area contributed by atoms with Gasteiger partial charge < -0.3 is 4.74 Å². The van der Waals surface area contributed by atoms with E-state index in [0.29, 0.717) is 24.5 Å². The third-order valence-corrected chi connectivity index (χ3v) is 5.20. The Hall–Kier alpha value is -1.66. The summed E-state index contributed by atoms with van der Waals surface area (Å²) in [7, 11) is 0. The van der Waals surface area contributed by atoms with E-state index < -0.39 is 30.3 Å². The van der Waals surface area contributed by atoms with Crippen molar-refractivity contribution in [1.29, 1.82) is 0 Å². The fourth-order valence-electron chi connectivity index (χ4n) is 3.70. The van der Waals surface area contributed by atoms with Gasteiger partial charge in [0.25, 0.3) is 0 Å². The van der Waals surface area contributed by atoms with E-state index in [0.717, 1.165) is 44.2 Å². The van der Waals surface area contributed by atoms with Crippen LogP contribution >= 0.6 is 0 Å². The van der Waals surface area contributed by atoms with Crippen molar-refractivity contribution < 1.29 is 31.1 Å². The zero-order chi connectivity index (χ0) is 20.8. The standard InChI is InChI=1S/C21H26F6O/c1-2-3-15-4-6-16(7-5-15)10-13-21(26,27)28-18-9-8-17(19(22)14-18)11-12-20(23,24)25/h8-9,11-12,14-16H,2-7,10,13H2,1H3. The number of rotatable bonds is 8. The van der Waals surface area contributed by atoms with E-state index in [1.807, 2.05) is 0 Å². The van der Waals surface area contributed by atoms with Gasteiger partial charge in [0.15, 0.2) is 0 Å². The minimum Gasteiger partial charge on any atom is -0.432 e. The van der Waals surface area contributed by atoms with Gasteiger partial charge in [-0.2, -0.15) is 22.0 Å². The molecule has 0 amide bonds. The molecular weight excluding hydrogens is 382 g/mol. The summed E-state index contributed by atoms with van der Waals surface area (Å²) in [4.78, 5) is 0. The van der Waals surface area contributed by atoms with Gasteiger partial charge in [0.05, 0.1) is 6.42 Å². The molecule has 0 aliphatic heterocycles. The number of ether oxygens (including phenoxy) is 1. The summed E-state index contributed by atoms with van der Waals surface area (Å²) >= 11 is 0. The molecule has 158 valence electrons. The third kappa shape index (κ3) is 7.76. The fourth-order valence-corrected chi connectivity index (χ4v) is 3.70. The number of alkyl halides is 5. The molecule has 0 saturated heterocycles. The van der Waals surface area contributed by atoms with E-state index >= 15 is 0 Å². The van der Waals surface area contributed by atoms with Crippen molar-refractivity contribution >= 4 is 6.08 Å². The molecule has 0 radical (unpaired) electrons. The first-order chi connectivity index (χ1) is 13.1. The van der Waals surface area contributed by atoms with Gasteiger partial charge in [0, 0.05) is 17.7 Å². The zero-order valence-electron chi connectivity index (χ0n) is 15.9. The second-order valence-electron chi connectivity index (χ2n) is 7.51. The molecule has 0 bridgehead atoms. The van der Waals surface area contributed by atoms with Crippen molar-refractivity contribution in [2.24, 2.45) is 11.8 Å². The van der Waals surface area contributed by atoms with E-state index in [2.05, 4.69) is 11.7 Å². The van der Waals surface area contributed by atoms with E-state index in [1.54, 1.807) is 0 Å². The third-order valence-electron chi connectivity index (χ3n) is 5.20. The quantitative estimate of drug-likeness (QED) is 0.399. The fraction of sp³-hybridized carbons (Fsp3) is 0.619. The van der Waals surface area contributed by atoms with Crippen molar-refractivity contribution in [3.05, 3.63) is 35.7 Å². The highest BCUT2D eigenvalue weighted by molar-refractivity contribution is 5.52. The molecule has 1 aromatic rings. The van der Waals surface area contributed by atoms with Crippen LogP contribution in [-0.4, -0.2) is 12.3 Å². The maximum absolute atomic E-state index is 14.1. The summed E-state index contributed by atoms with van der Waals surface area (Å²) in [5.74, 6) is -0.513. The number of halogens is 6. The Morgan fingerprint density at radius 2 is 1.61 bits per heavy atom. The van der Waals surface area contributed by atoms with Gasteiger partial charge in [-0.15, -0.1) is 0 Å². The zero-order valence-corrected chi connectivity index (χ0v) is 15.9. The van der Waals surface area contributed by atoms with Crippen LogP contribution in [0.2, 0.25) is 0 Å². The van der Waals surface area contributed by atoms with Crippen LogP contribution < -0.4 is 4.74 Å². The van der Waals surface area contributed by atoms with Crippen molar-refractivity contribution in [2.75, 3.05) is 0 Å². The van der Waals surface area contributed by atoms with Gasteiger partial charge in [0.2, 0.25) is 0 Å².